The summed E-state index contributed by atoms with van der Waals surface area (Å²) in [7, 11) is 0. The lowest BCUT2D eigenvalue weighted by molar-refractivity contribution is -0.122. The lowest BCUT2D eigenvalue weighted by atomic mass is 10.2. The molecular formula is C11H19N3OS2. The fraction of sp³-hybridized carbons (Fsp3) is 0.636. The molecule has 6 heteroatoms. The first kappa shape index (κ1) is 14.5. The van der Waals surface area contributed by atoms with Crippen LogP contribution in [0.5, 0.6) is 0 Å². The van der Waals surface area contributed by atoms with Gasteiger partial charge < -0.3 is 11.1 Å². The molecule has 0 fully saturated rings. The SMILES string of the molecule is CSCC[C@H](N)C(=O)NCCc1nc(C)cs1. The van der Waals surface area contributed by atoms with Crippen LogP contribution in [0.4, 0.5) is 0 Å². The smallest absolute Gasteiger partial charge is 0.236 e. The topological polar surface area (TPSA) is 68.0 Å². The summed E-state index contributed by atoms with van der Waals surface area (Å²) in [5, 5.41) is 5.91. The van der Waals surface area contributed by atoms with Gasteiger partial charge in [0.25, 0.3) is 0 Å². The lowest BCUT2D eigenvalue weighted by Crippen LogP contribution is -2.41. The second kappa shape index (κ2) is 7.68. The molecule has 3 N–H and O–H groups in total. The molecule has 0 saturated carbocycles. The number of amides is 1. The van der Waals surface area contributed by atoms with Gasteiger partial charge in [-0.15, -0.1) is 11.3 Å². The number of nitrogens with zero attached hydrogens (tertiary/aromatic N) is 1. The minimum absolute atomic E-state index is 0.0627. The van der Waals surface area contributed by atoms with E-state index in [0.29, 0.717) is 6.54 Å². The monoisotopic (exact) mass is 273 g/mol. The average molecular weight is 273 g/mol. The number of carbonyl (C=O) groups excluding carboxylic acids is 1. The molecule has 0 bridgehead atoms. The number of carbonyl (C=O) groups is 1. The van der Waals surface area contributed by atoms with E-state index < -0.39 is 0 Å². The van der Waals surface area contributed by atoms with E-state index in [1.54, 1.807) is 23.1 Å². The van der Waals surface area contributed by atoms with Crippen LogP contribution in [-0.2, 0) is 11.2 Å². The highest BCUT2D eigenvalue weighted by Crippen LogP contribution is 2.08. The molecule has 1 aromatic rings. The quantitative estimate of drug-likeness (QED) is 0.783. The maximum absolute atomic E-state index is 11.6. The summed E-state index contributed by atoms with van der Waals surface area (Å²) >= 11 is 3.33. The third kappa shape index (κ3) is 5.52. The Bertz CT molecular complexity index is 354. The van der Waals surface area contributed by atoms with Gasteiger partial charge in [-0.1, -0.05) is 0 Å². The molecule has 0 aliphatic rings. The van der Waals surface area contributed by atoms with Crippen LogP contribution >= 0.6 is 23.1 Å². The van der Waals surface area contributed by atoms with E-state index in [4.69, 9.17) is 5.73 Å². The molecule has 0 spiro atoms. The Labute approximate surface area is 110 Å². The van der Waals surface area contributed by atoms with Gasteiger partial charge in [-0.05, 0) is 25.4 Å². The fourth-order valence-electron chi connectivity index (χ4n) is 1.32. The Morgan fingerprint density at radius 3 is 3.06 bits per heavy atom. The summed E-state index contributed by atoms with van der Waals surface area (Å²) in [5.74, 6) is 0.854. The van der Waals surface area contributed by atoms with E-state index >= 15 is 0 Å². The molecule has 1 rings (SSSR count). The molecule has 17 heavy (non-hydrogen) atoms. The van der Waals surface area contributed by atoms with E-state index in [2.05, 4.69) is 10.3 Å². The number of rotatable bonds is 7. The molecule has 0 aliphatic carbocycles. The summed E-state index contributed by atoms with van der Waals surface area (Å²) in [6.07, 6.45) is 3.51. The number of aryl methyl sites for hydroxylation is 1. The Kier molecular flexibility index (Phi) is 6.54. The Hall–Kier alpha value is -0.590. The van der Waals surface area contributed by atoms with Crippen molar-refractivity contribution in [1.29, 1.82) is 0 Å². The summed E-state index contributed by atoms with van der Waals surface area (Å²) in [6, 6.07) is -0.388. The zero-order valence-corrected chi connectivity index (χ0v) is 11.9. The van der Waals surface area contributed by atoms with Crippen molar-refractivity contribution >= 4 is 29.0 Å². The largest absolute Gasteiger partial charge is 0.354 e. The predicted molar refractivity (Wildman–Crippen MR) is 74.5 cm³/mol. The maximum Gasteiger partial charge on any atom is 0.236 e. The van der Waals surface area contributed by atoms with Crippen LogP contribution < -0.4 is 11.1 Å². The number of nitrogens with two attached hydrogens (primary N) is 1. The third-order valence-electron chi connectivity index (χ3n) is 2.27. The van der Waals surface area contributed by atoms with Crippen LogP contribution in [0.25, 0.3) is 0 Å². The van der Waals surface area contributed by atoms with E-state index in [9.17, 15) is 4.79 Å². The number of thioether (sulfide) groups is 1. The van der Waals surface area contributed by atoms with Gasteiger partial charge in [0.1, 0.15) is 0 Å². The third-order valence-corrected chi connectivity index (χ3v) is 3.94. The lowest BCUT2D eigenvalue weighted by Gasteiger charge is -2.10. The van der Waals surface area contributed by atoms with Crippen LogP contribution in [0.1, 0.15) is 17.1 Å². The zero-order valence-electron chi connectivity index (χ0n) is 10.2. The summed E-state index contributed by atoms with van der Waals surface area (Å²) in [4.78, 5) is 15.9. The van der Waals surface area contributed by atoms with Gasteiger partial charge in [-0.2, -0.15) is 11.8 Å². The normalized spacial score (nSPS) is 12.4. The Balaban J connectivity index is 2.19. The van der Waals surface area contributed by atoms with Crippen molar-refractivity contribution in [2.24, 2.45) is 5.73 Å². The molecule has 1 aromatic heterocycles. The van der Waals surface area contributed by atoms with E-state index in [1.165, 1.54) is 0 Å². The van der Waals surface area contributed by atoms with Gasteiger partial charge in [0.2, 0.25) is 5.91 Å². The van der Waals surface area contributed by atoms with Gasteiger partial charge in [-0.25, -0.2) is 4.98 Å². The van der Waals surface area contributed by atoms with Crippen LogP contribution in [0.3, 0.4) is 0 Å². The molecule has 0 radical (unpaired) electrons. The highest BCUT2D eigenvalue weighted by atomic mass is 32.2. The molecule has 1 atom stereocenters. The standard InChI is InChI=1S/C11H19N3OS2/c1-8-7-17-10(14-8)3-5-13-11(15)9(12)4-6-16-2/h7,9H,3-6,12H2,1-2H3,(H,13,15)/t9-/m0/s1. The highest BCUT2D eigenvalue weighted by Gasteiger charge is 2.12. The number of aromatic nitrogens is 1. The van der Waals surface area contributed by atoms with Gasteiger partial charge in [0.05, 0.1) is 11.0 Å². The van der Waals surface area contributed by atoms with E-state index in [-0.39, 0.29) is 11.9 Å². The molecule has 1 heterocycles. The van der Waals surface area contributed by atoms with Crippen molar-refractivity contribution in [2.45, 2.75) is 25.8 Å². The van der Waals surface area contributed by atoms with Crippen LogP contribution in [0.2, 0.25) is 0 Å². The van der Waals surface area contributed by atoms with E-state index in [1.807, 2.05) is 18.6 Å². The summed E-state index contributed by atoms with van der Waals surface area (Å²) < 4.78 is 0. The second-order valence-electron chi connectivity index (χ2n) is 3.81. The zero-order chi connectivity index (χ0) is 12.7. The van der Waals surface area contributed by atoms with Crippen LogP contribution in [0.15, 0.2) is 5.38 Å². The molecule has 0 aliphatic heterocycles. The first-order valence-electron chi connectivity index (χ1n) is 5.56. The molecule has 0 unspecified atom stereocenters. The first-order valence-corrected chi connectivity index (χ1v) is 7.84. The van der Waals surface area contributed by atoms with Gasteiger partial charge >= 0.3 is 0 Å². The average Bonchev–Trinajstić information content (AvgIpc) is 2.71. The van der Waals surface area contributed by atoms with Crippen LogP contribution in [-0.4, -0.2) is 35.5 Å². The number of hydrogen-bond donors (Lipinski definition) is 2. The van der Waals surface area contributed by atoms with Crippen molar-refractivity contribution < 1.29 is 4.79 Å². The van der Waals surface area contributed by atoms with Crippen molar-refractivity contribution in [1.82, 2.24) is 10.3 Å². The van der Waals surface area contributed by atoms with E-state index in [0.717, 1.165) is 29.3 Å². The van der Waals surface area contributed by atoms with Gasteiger partial charge in [0, 0.05) is 24.0 Å². The number of nitrogens with one attached hydrogen (secondary N) is 1. The Morgan fingerprint density at radius 2 is 2.47 bits per heavy atom. The van der Waals surface area contributed by atoms with Crippen molar-refractivity contribution in [3.8, 4) is 0 Å². The van der Waals surface area contributed by atoms with Crippen molar-refractivity contribution in [3.63, 3.8) is 0 Å². The molecular weight excluding hydrogens is 254 g/mol. The van der Waals surface area contributed by atoms with Crippen LogP contribution in [0, 0.1) is 6.92 Å². The molecule has 1 amide bonds. The molecule has 0 saturated heterocycles. The predicted octanol–water partition coefficient (Wildman–Crippen LogP) is 1.19. The minimum Gasteiger partial charge on any atom is -0.354 e. The maximum atomic E-state index is 11.6. The molecule has 0 aromatic carbocycles. The summed E-state index contributed by atoms with van der Waals surface area (Å²) in [5.41, 5.74) is 6.78. The Morgan fingerprint density at radius 1 is 1.71 bits per heavy atom. The number of thiazole rings is 1. The van der Waals surface area contributed by atoms with Crippen molar-refractivity contribution in [3.05, 3.63) is 16.1 Å². The second-order valence-corrected chi connectivity index (χ2v) is 5.74. The van der Waals surface area contributed by atoms with Crippen molar-refractivity contribution in [2.75, 3.05) is 18.6 Å². The number of hydrogen-bond acceptors (Lipinski definition) is 5. The van der Waals surface area contributed by atoms with Gasteiger partial charge in [-0.3, -0.25) is 4.79 Å². The molecule has 4 nitrogen and oxygen atoms in total. The van der Waals surface area contributed by atoms with Gasteiger partial charge in [0.15, 0.2) is 0 Å². The fourth-order valence-corrected chi connectivity index (χ4v) is 2.58. The highest BCUT2D eigenvalue weighted by molar-refractivity contribution is 7.98. The first-order chi connectivity index (χ1) is 8.13. The molecule has 96 valence electrons. The minimum atomic E-state index is -0.388. The summed E-state index contributed by atoms with van der Waals surface area (Å²) in [6.45, 7) is 2.58.